The van der Waals surface area contributed by atoms with Crippen LogP contribution in [0.3, 0.4) is 0 Å². The molecule has 1 aromatic carbocycles. The van der Waals surface area contributed by atoms with Crippen LogP contribution in [0.25, 0.3) is 21.3 Å². The first-order chi connectivity index (χ1) is 11.0. The van der Waals surface area contributed by atoms with E-state index < -0.39 is 12.0 Å². The zero-order valence-electron chi connectivity index (χ0n) is 12.8. The molecule has 0 bridgehead atoms. The number of carboxylic acids is 1. The summed E-state index contributed by atoms with van der Waals surface area (Å²) in [6.07, 6.45) is 0.327. The molecule has 0 aliphatic heterocycles. The number of aliphatic carboxylic acids is 1. The van der Waals surface area contributed by atoms with E-state index in [-0.39, 0.29) is 5.56 Å². The molecule has 2 heterocycles. The number of rotatable bonds is 4. The highest BCUT2D eigenvalue weighted by Crippen LogP contribution is 2.31. The smallest absolute Gasteiger partial charge is 0.326 e. The number of thiophene rings is 1. The van der Waals surface area contributed by atoms with Crippen LogP contribution in [0.2, 0.25) is 0 Å². The van der Waals surface area contributed by atoms with Crippen LogP contribution in [-0.4, -0.2) is 20.6 Å². The van der Waals surface area contributed by atoms with Crippen LogP contribution in [0.5, 0.6) is 0 Å². The van der Waals surface area contributed by atoms with E-state index in [1.807, 2.05) is 35.7 Å². The number of nitrogens with zero attached hydrogens (tertiary/aromatic N) is 2. The maximum atomic E-state index is 13.0. The Balaban J connectivity index is 2.33. The van der Waals surface area contributed by atoms with Crippen molar-refractivity contribution in [1.29, 1.82) is 0 Å². The van der Waals surface area contributed by atoms with E-state index in [9.17, 15) is 14.7 Å². The third kappa shape index (κ3) is 2.55. The van der Waals surface area contributed by atoms with E-state index in [0.717, 1.165) is 11.1 Å². The molecule has 0 radical (unpaired) electrons. The predicted octanol–water partition coefficient (Wildman–Crippen LogP) is 3.47. The van der Waals surface area contributed by atoms with Gasteiger partial charge in [0.15, 0.2) is 0 Å². The summed E-state index contributed by atoms with van der Waals surface area (Å²) in [5.41, 5.74) is 1.44. The number of carbonyl (C=O) groups is 1. The van der Waals surface area contributed by atoms with Crippen molar-refractivity contribution in [2.24, 2.45) is 0 Å². The molecule has 2 aromatic heterocycles. The van der Waals surface area contributed by atoms with Crippen LogP contribution >= 0.6 is 11.3 Å². The molecule has 0 aliphatic carbocycles. The van der Waals surface area contributed by atoms with E-state index in [4.69, 9.17) is 0 Å². The van der Waals surface area contributed by atoms with Gasteiger partial charge in [-0.3, -0.25) is 9.36 Å². The summed E-state index contributed by atoms with van der Waals surface area (Å²) in [4.78, 5) is 29.5. The number of hydrogen-bond donors (Lipinski definition) is 1. The first kappa shape index (κ1) is 15.4. The summed E-state index contributed by atoms with van der Waals surface area (Å²) < 4.78 is 1.30. The Kier molecular flexibility index (Phi) is 4.00. The molecule has 0 aliphatic rings. The third-order valence-electron chi connectivity index (χ3n) is 3.88. The van der Waals surface area contributed by atoms with Crippen molar-refractivity contribution >= 4 is 27.5 Å². The fraction of sp³-hybridized carbons (Fsp3) is 0.235. The van der Waals surface area contributed by atoms with Gasteiger partial charge in [0.05, 0.1) is 5.39 Å². The maximum absolute atomic E-state index is 13.0. The number of aryl methyl sites for hydroxylation is 1. The lowest BCUT2D eigenvalue weighted by Gasteiger charge is -2.16. The lowest BCUT2D eigenvalue weighted by Crippen LogP contribution is -2.32. The van der Waals surface area contributed by atoms with Crippen LogP contribution in [0.1, 0.15) is 25.2 Å². The zero-order valence-corrected chi connectivity index (χ0v) is 13.6. The molecule has 3 rings (SSSR count). The fourth-order valence-corrected chi connectivity index (χ4v) is 3.75. The largest absolute Gasteiger partial charge is 0.480 e. The van der Waals surface area contributed by atoms with Crippen LogP contribution in [0, 0.1) is 6.92 Å². The van der Waals surface area contributed by atoms with Crippen molar-refractivity contribution in [3.05, 3.63) is 51.9 Å². The number of carboxylic acid groups (broad SMARTS) is 1. The Bertz CT molecular complexity index is 928. The highest BCUT2D eigenvalue weighted by Gasteiger charge is 2.24. The summed E-state index contributed by atoms with van der Waals surface area (Å²) in [5, 5.41) is 11.8. The minimum atomic E-state index is -1.02. The Morgan fingerprint density at radius 1 is 1.35 bits per heavy atom. The zero-order chi connectivity index (χ0) is 16.6. The molecule has 0 saturated heterocycles. The van der Waals surface area contributed by atoms with Gasteiger partial charge in [-0.15, -0.1) is 11.3 Å². The van der Waals surface area contributed by atoms with Gasteiger partial charge in [-0.25, -0.2) is 9.78 Å². The van der Waals surface area contributed by atoms with Crippen LogP contribution in [0.15, 0.2) is 40.5 Å². The molecule has 23 heavy (non-hydrogen) atoms. The van der Waals surface area contributed by atoms with Gasteiger partial charge in [0, 0.05) is 10.9 Å². The second kappa shape index (κ2) is 5.96. The van der Waals surface area contributed by atoms with Crippen molar-refractivity contribution < 1.29 is 9.90 Å². The normalized spacial score (nSPS) is 12.4. The topological polar surface area (TPSA) is 72.2 Å². The number of hydrogen-bond acceptors (Lipinski definition) is 4. The van der Waals surface area contributed by atoms with Crippen LogP contribution < -0.4 is 5.56 Å². The first-order valence-corrected chi connectivity index (χ1v) is 8.21. The number of fused-ring (bicyclic) bond motifs is 1. The summed E-state index contributed by atoms with van der Waals surface area (Å²) in [5.74, 6) is -0.589. The molecule has 118 valence electrons. The van der Waals surface area contributed by atoms with E-state index in [2.05, 4.69) is 4.98 Å². The van der Waals surface area contributed by atoms with Gasteiger partial charge in [-0.1, -0.05) is 37.3 Å². The molecule has 1 unspecified atom stereocenters. The summed E-state index contributed by atoms with van der Waals surface area (Å²) in [7, 11) is 0. The molecule has 3 aromatic rings. The summed E-state index contributed by atoms with van der Waals surface area (Å²) >= 11 is 1.40. The minimum absolute atomic E-state index is 0.290. The monoisotopic (exact) mass is 328 g/mol. The van der Waals surface area contributed by atoms with Gasteiger partial charge in [0.1, 0.15) is 16.7 Å². The van der Waals surface area contributed by atoms with E-state index in [0.29, 0.717) is 22.5 Å². The standard InChI is InChI=1S/C17H16N2O3S/c1-3-13(17(21)22)19-10(2)18-15-14(16(19)20)12(9-23-15)11-7-5-4-6-8-11/h4-9,13H,3H2,1-2H3,(H,21,22). The van der Waals surface area contributed by atoms with Gasteiger partial charge in [-0.2, -0.15) is 0 Å². The molecule has 0 spiro atoms. The molecule has 0 amide bonds. The molecule has 5 nitrogen and oxygen atoms in total. The van der Waals surface area contributed by atoms with E-state index >= 15 is 0 Å². The second-order valence-corrected chi connectivity index (χ2v) is 6.15. The van der Waals surface area contributed by atoms with Gasteiger partial charge >= 0.3 is 5.97 Å². The van der Waals surface area contributed by atoms with Gasteiger partial charge in [0.25, 0.3) is 5.56 Å². The van der Waals surface area contributed by atoms with Gasteiger partial charge < -0.3 is 5.11 Å². The maximum Gasteiger partial charge on any atom is 0.326 e. The first-order valence-electron chi connectivity index (χ1n) is 7.33. The molecular weight excluding hydrogens is 312 g/mol. The number of aromatic nitrogens is 2. The second-order valence-electron chi connectivity index (χ2n) is 5.29. The SMILES string of the molecule is CCC(C(=O)O)n1c(C)nc2scc(-c3ccccc3)c2c1=O. The number of benzene rings is 1. The molecule has 1 N–H and O–H groups in total. The Morgan fingerprint density at radius 3 is 2.65 bits per heavy atom. The molecular formula is C17H16N2O3S. The van der Waals surface area contributed by atoms with E-state index in [1.54, 1.807) is 13.8 Å². The Hall–Kier alpha value is -2.47. The van der Waals surface area contributed by atoms with Gasteiger partial charge in [-0.05, 0) is 18.9 Å². The minimum Gasteiger partial charge on any atom is -0.480 e. The van der Waals surface area contributed by atoms with Crippen molar-refractivity contribution in [1.82, 2.24) is 9.55 Å². The highest BCUT2D eigenvalue weighted by molar-refractivity contribution is 7.17. The van der Waals surface area contributed by atoms with Crippen molar-refractivity contribution in [3.63, 3.8) is 0 Å². The predicted molar refractivity (Wildman–Crippen MR) is 91.0 cm³/mol. The third-order valence-corrected chi connectivity index (χ3v) is 4.76. The van der Waals surface area contributed by atoms with Crippen molar-refractivity contribution in [3.8, 4) is 11.1 Å². The van der Waals surface area contributed by atoms with Crippen LogP contribution in [-0.2, 0) is 4.79 Å². The van der Waals surface area contributed by atoms with Crippen molar-refractivity contribution in [2.45, 2.75) is 26.3 Å². The Labute approximate surface area is 136 Å². The van der Waals surface area contributed by atoms with Crippen molar-refractivity contribution in [2.75, 3.05) is 0 Å². The molecule has 0 saturated carbocycles. The van der Waals surface area contributed by atoms with Gasteiger partial charge in [0.2, 0.25) is 0 Å². The highest BCUT2D eigenvalue weighted by atomic mass is 32.1. The molecule has 1 atom stereocenters. The molecule has 0 fully saturated rings. The van der Waals surface area contributed by atoms with E-state index in [1.165, 1.54) is 15.9 Å². The Morgan fingerprint density at radius 2 is 2.04 bits per heavy atom. The van der Waals surface area contributed by atoms with Crippen LogP contribution in [0.4, 0.5) is 0 Å². The average molecular weight is 328 g/mol. The average Bonchev–Trinajstić information content (AvgIpc) is 2.95. The summed E-state index contributed by atoms with van der Waals surface area (Å²) in [6.45, 7) is 3.43. The lowest BCUT2D eigenvalue weighted by molar-refractivity contribution is -0.141. The molecule has 6 heteroatoms. The quantitative estimate of drug-likeness (QED) is 0.796. The lowest BCUT2D eigenvalue weighted by atomic mass is 10.1. The fourth-order valence-electron chi connectivity index (χ4n) is 2.77. The summed E-state index contributed by atoms with van der Waals surface area (Å²) in [6, 6.07) is 8.69.